The van der Waals surface area contributed by atoms with E-state index in [9.17, 15) is 43.3 Å². The molecule has 9 atom stereocenters. The van der Waals surface area contributed by atoms with Crippen LogP contribution in [0.2, 0.25) is 0 Å². The van der Waals surface area contributed by atoms with E-state index in [1.807, 2.05) is 73.9 Å². The van der Waals surface area contributed by atoms with Gasteiger partial charge in [0.2, 0.25) is 11.8 Å². The maximum atomic E-state index is 14.8. The number of phosphoric ester groups is 1. The molecular weight excluding hydrogens is 1150 g/mol. The predicted molar refractivity (Wildman–Crippen MR) is 326 cm³/mol. The minimum atomic E-state index is -4.95. The van der Waals surface area contributed by atoms with Crippen molar-refractivity contribution in [3.05, 3.63) is 107 Å². The smallest absolute Gasteiger partial charge is 0.453 e. The number of methoxy groups -OCH3 is 2. The quantitative estimate of drug-likeness (QED) is 0.0443. The second-order valence-electron chi connectivity index (χ2n) is 25.2. The zero-order valence-corrected chi connectivity index (χ0v) is 52.2. The summed E-state index contributed by atoms with van der Waals surface area (Å²) in [7, 11) is -6.88. The van der Waals surface area contributed by atoms with Crippen LogP contribution in [0.15, 0.2) is 72.8 Å². The molecule has 7 N–H and O–H groups in total. The highest BCUT2D eigenvalue weighted by Crippen LogP contribution is 2.50. The lowest BCUT2D eigenvalue weighted by Crippen LogP contribution is -2.54. The summed E-state index contributed by atoms with van der Waals surface area (Å²) >= 11 is 0. The van der Waals surface area contributed by atoms with Crippen LogP contribution in [0.25, 0.3) is 44.3 Å². The molecule has 8 aliphatic rings. The van der Waals surface area contributed by atoms with Crippen molar-refractivity contribution in [3.63, 3.8) is 0 Å². The zero-order valence-electron chi connectivity index (χ0n) is 50.4. The van der Waals surface area contributed by atoms with Gasteiger partial charge in [-0.25, -0.2) is 29.3 Å². The molecule has 0 spiro atoms. The van der Waals surface area contributed by atoms with Crippen molar-refractivity contribution >= 4 is 61.6 Å². The van der Waals surface area contributed by atoms with Crippen molar-refractivity contribution in [2.75, 3.05) is 14.2 Å². The number of aryl methyl sites for hydroxylation is 2. The number of ether oxygens (including phenoxy) is 2. The summed E-state index contributed by atoms with van der Waals surface area (Å²) in [5, 5.41) is 13.5. The molecule has 4 fully saturated rings. The molecule has 4 bridgehead atoms. The first-order chi connectivity index (χ1) is 41.5. The molecule has 22 nitrogen and oxygen atoms in total. The van der Waals surface area contributed by atoms with Crippen LogP contribution in [0.1, 0.15) is 151 Å². The Morgan fingerprint density at radius 3 is 1.60 bits per heavy atom. The van der Waals surface area contributed by atoms with Crippen LogP contribution in [0.5, 0.6) is 0 Å². The number of nitrogens with one attached hydrogen (secondary N) is 3. The summed E-state index contributed by atoms with van der Waals surface area (Å²) in [5.74, 6) is 0.293. The molecule has 24 heteroatoms. The van der Waals surface area contributed by atoms with Gasteiger partial charge in [0, 0.05) is 12.1 Å². The van der Waals surface area contributed by atoms with Crippen molar-refractivity contribution in [1.82, 2.24) is 39.5 Å². The van der Waals surface area contributed by atoms with E-state index in [1.165, 1.54) is 14.2 Å². The van der Waals surface area contributed by atoms with Gasteiger partial charge in [-0.1, -0.05) is 109 Å². The lowest BCUT2D eigenvalue weighted by Gasteiger charge is -2.37. The van der Waals surface area contributed by atoms with Gasteiger partial charge in [-0.2, -0.15) is 0 Å². The second kappa shape index (κ2) is 25.2. The average molecular weight is 1230 g/mol. The Morgan fingerprint density at radius 1 is 0.632 bits per heavy atom. The van der Waals surface area contributed by atoms with Gasteiger partial charge in [0.25, 0.3) is 0 Å². The summed E-state index contributed by atoms with van der Waals surface area (Å²) in [6.07, 6.45) is 9.19. The molecule has 0 radical (unpaired) electrons. The van der Waals surface area contributed by atoms with E-state index in [1.54, 1.807) is 9.13 Å². The molecule has 2 saturated heterocycles. The molecule has 4 heterocycles. The monoisotopic (exact) mass is 1230 g/mol. The number of carbonyl (C=O) groups excluding carboxylic acids is 4. The number of fused-ring (bicyclic) bond motifs is 4. The Bertz CT molecular complexity index is 3710. The Kier molecular flexibility index (Phi) is 18.0. The standard InChI is InChI=1S/C63H81N9O13P2/c1-35(2)56(67-62(75)82-6)60(73)71-50-14-10-8-12-44(50)31-54(71)58-65-49-30-43(23-25-52(49)69(58)33-84-86(64,77)78)47-28-40-21-20-39(47)18-16-38-17-19-41(26-37(40)5)46(27-38)42-22-24-53-48(29-42)66-59(70(53)34-85-87(79,80)81)55-32-45-13-9-11-15-51(45)72(55)61(74)57(36(3)4)68-63(76)83-7/h17,19-25,27-30,35-37,44-45,50-51,54-57H,8-16,18,26,31-34H2,1-7H3,(H,67,75)(H,68,76)(H3,64,77,78)(H2,79,80,81)/t37-,44+,45+,50+,51+,54+,55+,56+,57+/m1/s1. The van der Waals surface area contributed by atoms with Gasteiger partial charge in [-0.15, -0.1) is 0 Å². The first-order valence-corrected chi connectivity index (χ1v) is 33.7. The fourth-order valence-electron chi connectivity index (χ4n) is 14.8. The molecule has 2 aliphatic heterocycles. The number of phosphoric acid groups is 1. The number of nitrogens with zero attached hydrogens (tertiary/aromatic N) is 6. The number of aromatic nitrogens is 4. The van der Waals surface area contributed by atoms with E-state index in [0.29, 0.717) is 65.8 Å². The van der Waals surface area contributed by atoms with E-state index < -0.39 is 58.6 Å². The molecule has 0 unspecified atom stereocenters. The molecule has 87 heavy (non-hydrogen) atoms. The Hall–Kier alpha value is -6.48. The fourth-order valence-corrected chi connectivity index (χ4v) is 15.3. The molecule has 6 aromatic rings. The summed E-state index contributed by atoms with van der Waals surface area (Å²) < 4.78 is 36.3. The number of hydrogen-bond acceptors (Lipinski definition) is 12. The van der Waals surface area contributed by atoms with Gasteiger partial charge >= 0.3 is 27.7 Å². The molecule has 4 amide bonds. The topological polar surface area (TPSA) is 293 Å². The van der Waals surface area contributed by atoms with Gasteiger partial charge in [0.15, 0.2) is 0 Å². The average Bonchev–Trinajstić information content (AvgIpc) is 1.74. The number of alkyl carbamates (subject to hydrolysis) is 2. The van der Waals surface area contributed by atoms with E-state index in [-0.39, 0.29) is 60.2 Å². The molecule has 14 rings (SSSR count). The summed E-state index contributed by atoms with van der Waals surface area (Å²) in [6.45, 7) is 8.81. The van der Waals surface area contributed by atoms with Gasteiger partial charge in [0.05, 0.1) is 48.4 Å². The molecule has 2 saturated carbocycles. The molecule has 2 aromatic heterocycles. The number of carbonyl (C=O) groups is 4. The summed E-state index contributed by atoms with van der Waals surface area (Å²) in [5.41, 5.74) is 10.8. The molecule has 4 aromatic carbocycles. The fraction of sp³-hybridized carbons (Fsp3) is 0.524. The number of benzene rings is 4. The third kappa shape index (κ3) is 12.9. The van der Waals surface area contributed by atoms with E-state index in [0.717, 1.165) is 95.9 Å². The Labute approximate surface area is 506 Å². The van der Waals surface area contributed by atoms with Crippen LogP contribution in [-0.4, -0.2) is 111 Å². The van der Waals surface area contributed by atoms with Crippen LogP contribution < -0.4 is 10.6 Å². The Morgan fingerprint density at radius 2 is 1.11 bits per heavy atom. The Balaban J connectivity index is 0.931. The van der Waals surface area contributed by atoms with Gasteiger partial charge in [-0.05, 0) is 156 Å². The summed E-state index contributed by atoms with van der Waals surface area (Å²) in [6, 6.07) is 22.1. The highest BCUT2D eigenvalue weighted by molar-refractivity contribution is 7.47. The third-order valence-corrected chi connectivity index (χ3v) is 20.0. The van der Waals surface area contributed by atoms with Crippen LogP contribution >= 0.6 is 15.6 Å². The minimum absolute atomic E-state index is 0.0359. The summed E-state index contributed by atoms with van der Waals surface area (Å²) in [4.78, 5) is 110. The van der Waals surface area contributed by atoms with Crippen LogP contribution in [0.4, 0.5) is 9.59 Å². The maximum absolute atomic E-state index is 14.8. The normalized spacial score (nSPS) is 22.9. The number of hydrogen-bond donors (Lipinski definition) is 7. The van der Waals surface area contributed by atoms with Crippen molar-refractivity contribution in [1.29, 1.82) is 5.16 Å². The largest absolute Gasteiger partial charge is 0.471 e. The van der Waals surface area contributed by atoms with Crippen molar-refractivity contribution in [3.8, 4) is 22.3 Å². The minimum Gasteiger partial charge on any atom is -0.453 e. The first kappa shape index (κ1) is 62.1. The highest BCUT2D eigenvalue weighted by atomic mass is 31.2. The number of amides is 4. The number of likely N-dealkylation sites (tertiary alicyclic amines) is 2. The van der Waals surface area contributed by atoms with Gasteiger partial charge in [0.1, 0.15) is 37.2 Å². The lowest BCUT2D eigenvalue weighted by molar-refractivity contribution is -0.139. The number of imidazole rings is 2. The second-order valence-corrected chi connectivity index (χ2v) is 27.8. The zero-order chi connectivity index (χ0) is 61.8. The van der Waals surface area contributed by atoms with Crippen LogP contribution in [-0.2, 0) is 65.4 Å². The predicted octanol–water partition coefficient (Wildman–Crippen LogP) is 11.1. The van der Waals surface area contributed by atoms with Crippen LogP contribution in [0.3, 0.4) is 0 Å². The number of rotatable bonds is 16. The van der Waals surface area contributed by atoms with E-state index >= 15 is 0 Å². The molecule has 466 valence electrons. The molecule has 6 aliphatic carbocycles. The maximum Gasteiger partial charge on any atom is 0.471 e. The lowest BCUT2D eigenvalue weighted by atomic mass is 9.84. The highest BCUT2D eigenvalue weighted by Gasteiger charge is 2.51. The van der Waals surface area contributed by atoms with Crippen molar-refractivity contribution in [2.45, 2.75) is 174 Å². The third-order valence-electron chi connectivity index (χ3n) is 19.0. The van der Waals surface area contributed by atoms with E-state index in [2.05, 4.69) is 54.0 Å². The van der Waals surface area contributed by atoms with Gasteiger partial charge < -0.3 is 58.6 Å². The van der Waals surface area contributed by atoms with Crippen molar-refractivity contribution in [2.24, 2.45) is 23.7 Å². The first-order valence-electron chi connectivity index (χ1n) is 30.5. The van der Waals surface area contributed by atoms with Crippen molar-refractivity contribution < 1.29 is 61.8 Å². The molecular formula is C63H81N9O13P2. The SMILES string of the molecule is COC(=O)N[C@H](C(=O)N1[C@H](c2nc3cc(-c4cc5ccc4CCc4ccc(c(-c6ccc7c(c6)nc([C@@H]6C[C@@H]8CCCC[C@@H]8N6C(=O)[C@@H](NC(=O)OC)C(C)C)n7COP(=O)(O)O)c4)C[C@H]5C)ccc3n2COP(=N)(O)O)C[C@@H]2CCCC[C@@H]21)C(C)C. The van der Waals surface area contributed by atoms with E-state index in [4.69, 9.17) is 33.7 Å². The van der Waals surface area contributed by atoms with Crippen LogP contribution in [0, 0.1) is 28.8 Å². The van der Waals surface area contributed by atoms with Gasteiger partial charge in [-0.3, -0.25) is 18.6 Å².